The lowest BCUT2D eigenvalue weighted by molar-refractivity contribution is -0.122. The summed E-state index contributed by atoms with van der Waals surface area (Å²) >= 11 is 0. The van der Waals surface area contributed by atoms with Gasteiger partial charge in [-0.15, -0.1) is 0 Å². The van der Waals surface area contributed by atoms with Crippen LogP contribution in [0.4, 0.5) is 0 Å². The van der Waals surface area contributed by atoms with E-state index in [1.165, 1.54) is 0 Å². The van der Waals surface area contributed by atoms with Crippen LogP contribution in [-0.4, -0.2) is 36.2 Å². The quantitative estimate of drug-likeness (QED) is 0.704. The van der Waals surface area contributed by atoms with E-state index >= 15 is 0 Å². The molecule has 1 saturated carbocycles. The van der Waals surface area contributed by atoms with Gasteiger partial charge in [-0.3, -0.25) is 4.79 Å². The second-order valence-corrected chi connectivity index (χ2v) is 4.36. The van der Waals surface area contributed by atoms with Gasteiger partial charge in [-0.2, -0.15) is 5.10 Å². The summed E-state index contributed by atoms with van der Waals surface area (Å²) in [6.45, 7) is 5.45. The first-order valence-corrected chi connectivity index (χ1v) is 5.87. The van der Waals surface area contributed by atoms with Crippen LogP contribution >= 0.6 is 0 Å². The number of likely N-dealkylation sites (tertiary alicyclic amines) is 1. The molecule has 84 valence electrons. The first-order valence-electron chi connectivity index (χ1n) is 5.87. The van der Waals surface area contributed by atoms with Crippen LogP contribution in [0.3, 0.4) is 0 Å². The molecule has 0 aromatic carbocycles. The number of hydrogen-bond acceptors (Lipinski definition) is 3. The van der Waals surface area contributed by atoms with Crippen LogP contribution in [0.2, 0.25) is 0 Å². The van der Waals surface area contributed by atoms with Crippen LogP contribution < -0.4 is 5.43 Å². The molecule has 0 aromatic rings. The number of piperidine rings is 1. The Bertz CT molecular complexity index is 261. The summed E-state index contributed by atoms with van der Waals surface area (Å²) < 4.78 is 0. The van der Waals surface area contributed by atoms with E-state index in [0.29, 0.717) is 0 Å². The fourth-order valence-electron chi connectivity index (χ4n) is 1.81. The smallest absolute Gasteiger partial charge is 0.243 e. The van der Waals surface area contributed by atoms with Gasteiger partial charge in [-0.1, -0.05) is 6.92 Å². The van der Waals surface area contributed by atoms with E-state index in [-0.39, 0.29) is 11.8 Å². The van der Waals surface area contributed by atoms with Crippen LogP contribution in [0.25, 0.3) is 0 Å². The van der Waals surface area contributed by atoms with Crippen LogP contribution in [0, 0.1) is 5.92 Å². The summed E-state index contributed by atoms with van der Waals surface area (Å²) in [6.07, 6.45) is 4.08. The van der Waals surface area contributed by atoms with Crippen LogP contribution in [0.15, 0.2) is 5.10 Å². The first-order chi connectivity index (χ1) is 7.29. The molecule has 1 heterocycles. The lowest BCUT2D eigenvalue weighted by Crippen LogP contribution is -2.34. The number of hydrazone groups is 1. The van der Waals surface area contributed by atoms with E-state index in [9.17, 15) is 4.79 Å². The minimum atomic E-state index is 0.112. The van der Waals surface area contributed by atoms with E-state index in [4.69, 9.17) is 0 Å². The number of nitrogens with one attached hydrogen (secondary N) is 1. The summed E-state index contributed by atoms with van der Waals surface area (Å²) in [4.78, 5) is 13.7. The molecular formula is C11H19N3O. The van der Waals surface area contributed by atoms with Gasteiger partial charge >= 0.3 is 0 Å². The molecule has 2 aliphatic rings. The van der Waals surface area contributed by atoms with Crippen molar-refractivity contribution in [3.05, 3.63) is 0 Å². The van der Waals surface area contributed by atoms with Gasteiger partial charge < -0.3 is 4.90 Å². The normalized spacial score (nSPS) is 22.6. The number of carbonyl (C=O) groups is 1. The van der Waals surface area contributed by atoms with Crippen molar-refractivity contribution in [3.8, 4) is 0 Å². The molecule has 0 radical (unpaired) electrons. The summed E-state index contributed by atoms with van der Waals surface area (Å²) in [7, 11) is 0. The van der Waals surface area contributed by atoms with Crippen molar-refractivity contribution >= 4 is 11.6 Å². The number of carbonyl (C=O) groups excluding carboxylic acids is 1. The van der Waals surface area contributed by atoms with E-state index in [1.807, 2.05) is 0 Å². The summed E-state index contributed by atoms with van der Waals surface area (Å²) in [5, 5.41) is 4.20. The van der Waals surface area contributed by atoms with Gasteiger partial charge in [0.05, 0.1) is 0 Å². The van der Waals surface area contributed by atoms with E-state index < -0.39 is 0 Å². The zero-order valence-corrected chi connectivity index (χ0v) is 9.33. The third kappa shape index (κ3) is 3.02. The Labute approximate surface area is 90.7 Å². The molecule has 2 rings (SSSR count). The molecule has 0 spiro atoms. The van der Waals surface area contributed by atoms with Crippen molar-refractivity contribution < 1.29 is 4.79 Å². The maximum absolute atomic E-state index is 11.3. The first kappa shape index (κ1) is 10.6. The van der Waals surface area contributed by atoms with Crippen LogP contribution in [0.5, 0.6) is 0 Å². The highest BCUT2D eigenvalue weighted by Gasteiger charge is 2.29. The highest BCUT2D eigenvalue weighted by Crippen LogP contribution is 2.28. The Hall–Kier alpha value is -0.900. The molecule has 1 aliphatic carbocycles. The minimum absolute atomic E-state index is 0.112. The number of nitrogens with zero attached hydrogens (tertiary/aromatic N) is 2. The standard InChI is InChI=1S/C11H19N3O/c1-2-14-7-5-10(6-8-14)12-13-11(15)9-3-4-9/h9H,2-8H2,1H3,(H,13,15). The maximum atomic E-state index is 11.3. The lowest BCUT2D eigenvalue weighted by atomic mass is 10.1. The SMILES string of the molecule is CCN1CCC(=NNC(=O)C2CC2)CC1. The molecular weight excluding hydrogens is 190 g/mol. The van der Waals surface area contributed by atoms with E-state index in [2.05, 4.69) is 22.4 Å². The fraction of sp³-hybridized carbons (Fsp3) is 0.818. The van der Waals surface area contributed by atoms with Crippen molar-refractivity contribution in [2.75, 3.05) is 19.6 Å². The van der Waals surface area contributed by atoms with Crippen molar-refractivity contribution in [2.45, 2.75) is 32.6 Å². The number of rotatable bonds is 3. The topological polar surface area (TPSA) is 44.7 Å². The Morgan fingerprint density at radius 3 is 2.67 bits per heavy atom. The predicted molar refractivity (Wildman–Crippen MR) is 59.6 cm³/mol. The zero-order chi connectivity index (χ0) is 10.7. The van der Waals surface area contributed by atoms with Crippen molar-refractivity contribution in [2.24, 2.45) is 11.0 Å². The Morgan fingerprint density at radius 2 is 2.13 bits per heavy atom. The van der Waals surface area contributed by atoms with Gasteiger partial charge in [0, 0.05) is 37.6 Å². The minimum Gasteiger partial charge on any atom is -0.303 e. The third-order valence-corrected chi connectivity index (χ3v) is 3.15. The molecule has 1 N–H and O–H groups in total. The second-order valence-electron chi connectivity index (χ2n) is 4.36. The fourth-order valence-corrected chi connectivity index (χ4v) is 1.81. The number of hydrogen-bond donors (Lipinski definition) is 1. The Morgan fingerprint density at radius 1 is 1.47 bits per heavy atom. The Balaban J connectivity index is 1.74. The van der Waals surface area contributed by atoms with Gasteiger partial charge in [0.25, 0.3) is 0 Å². The van der Waals surface area contributed by atoms with Crippen molar-refractivity contribution in [1.82, 2.24) is 10.3 Å². The molecule has 0 bridgehead atoms. The molecule has 2 fully saturated rings. The van der Waals surface area contributed by atoms with Crippen LogP contribution in [-0.2, 0) is 4.79 Å². The van der Waals surface area contributed by atoms with Gasteiger partial charge in [0.1, 0.15) is 0 Å². The molecule has 15 heavy (non-hydrogen) atoms. The molecule has 4 nitrogen and oxygen atoms in total. The van der Waals surface area contributed by atoms with Crippen LogP contribution in [0.1, 0.15) is 32.6 Å². The summed E-state index contributed by atoms with van der Waals surface area (Å²) in [6, 6.07) is 0. The molecule has 0 unspecified atom stereocenters. The monoisotopic (exact) mass is 209 g/mol. The maximum Gasteiger partial charge on any atom is 0.243 e. The predicted octanol–water partition coefficient (Wildman–Crippen LogP) is 0.984. The van der Waals surface area contributed by atoms with Gasteiger partial charge in [0.15, 0.2) is 0 Å². The van der Waals surface area contributed by atoms with Gasteiger partial charge in [0.2, 0.25) is 5.91 Å². The van der Waals surface area contributed by atoms with Crippen molar-refractivity contribution in [1.29, 1.82) is 0 Å². The highest BCUT2D eigenvalue weighted by molar-refractivity contribution is 5.88. The molecule has 1 saturated heterocycles. The second kappa shape index (κ2) is 4.75. The van der Waals surface area contributed by atoms with E-state index in [1.54, 1.807) is 0 Å². The van der Waals surface area contributed by atoms with Gasteiger partial charge in [-0.05, 0) is 19.4 Å². The average molecular weight is 209 g/mol. The molecule has 0 aromatic heterocycles. The molecule has 4 heteroatoms. The Kier molecular flexibility index (Phi) is 3.36. The highest BCUT2D eigenvalue weighted by atomic mass is 16.2. The zero-order valence-electron chi connectivity index (χ0n) is 9.33. The average Bonchev–Trinajstić information content (AvgIpc) is 3.10. The molecule has 0 atom stereocenters. The van der Waals surface area contributed by atoms with Gasteiger partial charge in [-0.25, -0.2) is 5.43 Å². The molecule has 1 amide bonds. The third-order valence-electron chi connectivity index (χ3n) is 3.15. The largest absolute Gasteiger partial charge is 0.303 e. The summed E-state index contributed by atoms with van der Waals surface area (Å²) in [5.41, 5.74) is 3.82. The summed E-state index contributed by atoms with van der Waals surface area (Å²) in [5.74, 6) is 0.366. The van der Waals surface area contributed by atoms with E-state index in [0.717, 1.165) is 51.0 Å². The number of amides is 1. The van der Waals surface area contributed by atoms with Crippen molar-refractivity contribution in [3.63, 3.8) is 0 Å². The lowest BCUT2D eigenvalue weighted by Gasteiger charge is -2.25. The molecule has 1 aliphatic heterocycles.